The fraction of sp³-hybridized carbons (Fsp3) is 0.176. The molecule has 9 nitrogen and oxygen atoms in total. The number of fused-ring (bicyclic) bond motifs is 1. The van der Waals surface area contributed by atoms with Crippen LogP contribution in [0, 0.1) is 17.0 Å². The molecule has 1 heterocycles. The number of nitrogens with one attached hydrogen (secondary N) is 2. The van der Waals surface area contributed by atoms with E-state index in [2.05, 4.69) is 15.8 Å². The van der Waals surface area contributed by atoms with Gasteiger partial charge in [0, 0.05) is 5.69 Å². The lowest BCUT2D eigenvalue weighted by Gasteiger charge is -2.06. The van der Waals surface area contributed by atoms with E-state index >= 15 is 0 Å². The molecule has 0 atom stereocenters. The maximum Gasteiger partial charge on any atom is 0.282 e. The zero-order valence-corrected chi connectivity index (χ0v) is 13.9. The van der Waals surface area contributed by atoms with E-state index in [1.165, 1.54) is 18.3 Å². The van der Waals surface area contributed by atoms with Crippen molar-refractivity contribution in [2.45, 2.75) is 6.92 Å². The van der Waals surface area contributed by atoms with E-state index in [1.807, 2.05) is 31.2 Å². The van der Waals surface area contributed by atoms with E-state index in [1.54, 1.807) is 0 Å². The Morgan fingerprint density at radius 3 is 2.81 bits per heavy atom. The fourth-order valence-electron chi connectivity index (χ4n) is 2.36. The standard InChI is InChI=1S/C17H16N4O5/c1-11-3-2-4-13(5-11)18-9-17(22)20-19-8-12-6-15-16(26-10-25-15)7-14(12)21(23)24/h2-8,18H,9-10H2,1H3,(H,20,22)/b19-8-. The number of rotatable bonds is 6. The van der Waals surface area contributed by atoms with Gasteiger partial charge in [-0.3, -0.25) is 14.9 Å². The lowest BCUT2D eigenvalue weighted by atomic mass is 10.1. The Balaban J connectivity index is 1.61. The number of carbonyl (C=O) groups excluding carboxylic acids is 1. The Morgan fingerprint density at radius 1 is 1.31 bits per heavy atom. The number of nitrogens with zero attached hydrogens (tertiary/aromatic N) is 2. The minimum absolute atomic E-state index is 0.00838. The van der Waals surface area contributed by atoms with Gasteiger partial charge in [0.05, 0.1) is 29.3 Å². The van der Waals surface area contributed by atoms with E-state index < -0.39 is 4.92 Å². The summed E-state index contributed by atoms with van der Waals surface area (Å²) in [6.45, 7) is 1.98. The number of ether oxygens (including phenoxy) is 2. The number of anilines is 1. The normalized spacial score (nSPS) is 12.2. The minimum Gasteiger partial charge on any atom is -0.454 e. The number of aryl methyl sites for hydroxylation is 1. The first-order chi connectivity index (χ1) is 12.5. The molecule has 2 N–H and O–H groups in total. The number of hydrazone groups is 1. The number of amides is 1. The second-order valence-corrected chi connectivity index (χ2v) is 5.54. The van der Waals surface area contributed by atoms with Gasteiger partial charge in [-0.15, -0.1) is 0 Å². The topological polar surface area (TPSA) is 115 Å². The summed E-state index contributed by atoms with van der Waals surface area (Å²) in [5, 5.41) is 17.9. The zero-order valence-electron chi connectivity index (χ0n) is 13.9. The number of hydrogen-bond acceptors (Lipinski definition) is 7. The number of hydrogen-bond donors (Lipinski definition) is 2. The molecule has 9 heteroatoms. The second kappa shape index (κ2) is 7.51. The van der Waals surface area contributed by atoms with Gasteiger partial charge < -0.3 is 14.8 Å². The molecule has 0 radical (unpaired) electrons. The Kier molecular flexibility index (Phi) is 4.97. The molecule has 3 rings (SSSR count). The van der Waals surface area contributed by atoms with Crippen molar-refractivity contribution in [1.29, 1.82) is 0 Å². The average molecular weight is 356 g/mol. The molecule has 1 amide bonds. The summed E-state index contributed by atoms with van der Waals surface area (Å²) in [4.78, 5) is 22.4. The van der Waals surface area contributed by atoms with Gasteiger partial charge >= 0.3 is 0 Å². The van der Waals surface area contributed by atoms with Gasteiger partial charge in [-0.05, 0) is 30.7 Å². The van der Waals surface area contributed by atoms with Crippen LogP contribution in [-0.2, 0) is 4.79 Å². The van der Waals surface area contributed by atoms with Crippen molar-refractivity contribution in [3.05, 3.63) is 57.6 Å². The first-order valence-electron chi connectivity index (χ1n) is 7.73. The van der Waals surface area contributed by atoms with Gasteiger partial charge in [-0.25, -0.2) is 5.43 Å². The predicted octanol–water partition coefficient (Wildman–Crippen LogP) is 2.19. The molecule has 0 aromatic heterocycles. The van der Waals surface area contributed by atoms with Gasteiger partial charge in [0.15, 0.2) is 11.5 Å². The molecule has 2 aromatic rings. The molecule has 0 fully saturated rings. The van der Waals surface area contributed by atoms with Gasteiger partial charge in [0.2, 0.25) is 6.79 Å². The highest BCUT2D eigenvalue weighted by Gasteiger charge is 2.22. The SMILES string of the molecule is Cc1cccc(NCC(=O)N/N=C\c2cc3c(cc2[N+](=O)[O-])OCO3)c1. The summed E-state index contributed by atoms with van der Waals surface area (Å²) in [7, 11) is 0. The van der Waals surface area contributed by atoms with Crippen LogP contribution in [0.25, 0.3) is 0 Å². The molecular formula is C17H16N4O5. The van der Waals surface area contributed by atoms with Crippen molar-refractivity contribution in [3.8, 4) is 11.5 Å². The Labute approximate surface area is 148 Å². The van der Waals surface area contributed by atoms with Crippen molar-refractivity contribution < 1.29 is 19.2 Å². The van der Waals surface area contributed by atoms with E-state index in [4.69, 9.17) is 9.47 Å². The van der Waals surface area contributed by atoms with Crippen molar-refractivity contribution in [3.63, 3.8) is 0 Å². The Morgan fingerprint density at radius 2 is 2.08 bits per heavy atom. The minimum atomic E-state index is -0.551. The quantitative estimate of drug-likeness (QED) is 0.466. The molecule has 0 saturated heterocycles. The monoisotopic (exact) mass is 356 g/mol. The Bertz CT molecular complexity index is 881. The third kappa shape index (κ3) is 4.07. The van der Waals surface area contributed by atoms with Crippen LogP contribution in [0.15, 0.2) is 41.5 Å². The zero-order chi connectivity index (χ0) is 18.5. The third-order valence-electron chi connectivity index (χ3n) is 3.58. The van der Waals surface area contributed by atoms with Gasteiger partial charge in [-0.1, -0.05) is 12.1 Å². The highest BCUT2D eigenvalue weighted by Crippen LogP contribution is 2.37. The van der Waals surface area contributed by atoms with Crippen LogP contribution in [0.2, 0.25) is 0 Å². The summed E-state index contributed by atoms with van der Waals surface area (Å²) in [5.74, 6) is 0.316. The largest absolute Gasteiger partial charge is 0.454 e. The average Bonchev–Trinajstić information content (AvgIpc) is 3.06. The summed E-state index contributed by atoms with van der Waals surface area (Å²) in [5.41, 5.74) is 4.22. The van der Waals surface area contributed by atoms with Crippen molar-refractivity contribution in [2.24, 2.45) is 5.10 Å². The summed E-state index contributed by atoms with van der Waals surface area (Å²) in [6.07, 6.45) is 1.20. The van der Waals surface area contributed by atoms with Crippen molar-refractivity contribution in [2.75, 3.05) is 18.7 Å². The van der Waals surface area contributed by atoms with Crippen molar-refractivity contribution in [1.82, 2.24) is 5.43 Å². The maximum absolute atomic E-state index is 11.8. The number of carbonyl (C=O) groups is 1. The molecule has 134 valence electrons. The molecular weight excluding hydrogens is 340 g/mol. The molecule has 0 spiro atoms. The van der Waals surface area contributed by atoms with Crippen LogP contribution in [0.5, 0.6) is 11.5 Å². The van der Waals surface area contributed by atoms with E-state index in [0.29, 0.717) is 11.5 Å². The smallest absolute Gasteiger partial charge is 0.282 e. The third-order valence-corrected chi connectivity index (χ3v) is 3.58. The first-order valence-corrected chi connectivity index (χ1v) is 7.73. The van der Waals surface area contributed by atoms with Gasteiger partial charge in [0.1, 0.15) is 0 Å². The Hall–Kier alpha value is -3.62. The lowest BCUT2D eigenvalue weighted by Crippen LogP contribution is -2.25. The summed E-state index contributed by atoms with van der Waals surface area (Å²) in [6, 6.07) is 10.3. The van der Waals surface area contributed by atoms with Crippen LogP contribution in [0.4, 0.5) is 11.4 Å². The second-order valence-electron chi connectivity index (χ2n) is 5.54. The molecule has 0 bridgehead atoms. The number of nitro benzene ring substituents is 1. The molecule has 1 aliphatic heterocycles. The van der Waals surface area contributed by atoms with E-state index in [9.17, 15) is 14.9 Å². The number of nitro groups is 1. The molecule has 0 saturated carbocycles. The van der Waals surface area contributed by atoms with Crippen LogP contribution in [0.3, 0.4) is 0 Å². The van der Waals surface area contributed by atoms with Crippen LogP contribution in [0.1, 0.15) is 11.1 Å². The molecule has 26 heavy (non-hydrogen) atoms. The highest BCUT2D eigenvalue weighted by molar-refractivity contribution is 5.88. The maximum atomic E-state index is 11.8. The molecule has 0 aliphatic carbocycles. The van der Waals surface area contributed by atoms with Crippen molar-refractivity contribution >= 4 is 23.5 Å². The predicted molar refractivity (Wildman–Crippen MR) is 94.6 cm³/mol. The molecule has 1 aliphatic rings. The van der Waals surface area contributed by atoms with Crippen LogP contribution >= 0.6 is 0 Å². The summed E-state index contributed by atoms with van der Waals surface area (Å²) >= 11 is 0. The van der Waals surface area contributed by atoms with Crippen LogP contribution in [-0.4, -0.2) is 30.4 Å². The van der Waals surface area contributed by atoms with E-state index in [-0.39, 0.29) is 30.5 Å². The highest BCUT2D eigenvalue weighted by atomic mass is 16.7. The number of benzene rings is 2. The van der Waals surface area contributed by atoms with Gasteiger partial charge in [0.25, 0.3) is 11.6 Å². The van der Waals surface area contributed by atoms with Gasteiger partial charge in [-0.2, -0.15) is 5.10 Å². The fourth-order valence-corrected chi connectivity index (χ4v) is 2.36. The summed E-state index contributed by atoms with van der Waals surface area (Å²) < 4.78 is 10.3. The first kappa shape index (κ1) is 17.2. The van der Waals surface area contributed by atoms with E-state index in [0.717, 1.165) is 11.3 Å². The van der Waals surface area contributed by atoms with Crippen LogP contribution < -0.4 is 20.2 Å². The molecule has 0 unspecified atom stereocenters. The molecule has 2 aromatic carbocycles. The lowest BCUT2D eigenvalue weighted by molar-refractivity contribution is -0.385.